The maximum absolute atomic E-state index is 12.2. The number of thioether (sulfide) groups is 1. The first-order chi connectivity index (χ1) is 13.1. The first-order valence-electron chi connectivity index (χ1n) is 7.90. The molecule has 0 unspecified atom stereocenters. The average molecular weight is 420 g/mol. The molecule has 0 aliphatic heterocycles. The predicted octanol–water partition coefficient (Wildman–Crippen LogP) is 4.56. The third-order valence-electron chi connectivity index (χ3n) is 3.48. The Hall–Kier alpha value is -2.35. The molecule has 0 atom stereocenters. The Bertz CT molecular complexity index is 962. The van der Waals surface area contributed by atoms with Gasteiger partial charge in [0.2, 0.25) is 5.91 Å². The summed E-state index contributed by atoms with van der Waals surface area (Å²) in [6.07, 6.45) is 5.17. The molecule has 0 spiro atoms. The van der Waals surface area contributed by atoms with Gasteiger partial charge in [0.15, 0.2) is 11.0 Å². The number of hydrogen-bond acceptors (Lipinski definition) is 5. The molecule has 0 aliphatic carbocycles. The molecule has 1 N–H and O–H groups in total. The van der Waals surface area contributed by atoms with Gasteiger partial charge in [0, 0.05) is 30.2 Å². The van der Waals surface area contributed by atoms with Crippen LogP contribution in [0.4, 0.5) is 5.69 Å². The number of nitrogens with one attached hydrogen (secondary N) is 1. The van der Waals surface area contributed by atoms with Crippen molar-refractivity contribution in [3.8, 4) is 11.4 Å². The van der Waals surface area contributed by atoms with Crippen LogP contribution < -0.4 is 5.32 Å². The lowest BCUT2D eigenvalue weighted by molar-refractivity contribution is -0.113. The predicted molar refractivity (Wildman–Crippen MR) is 109 cm³/mol. The van der Waals surface area contributed by atoms with Crippen molar-refractivity contribution >= 4 is 46.6 Å². The van der Waals surface area contributed by atoms with Crippen molar-refractivity contribution in [2.24, 2.45) is 0 Å². The fourth-order valence-electron chi connectivity index (χ4n) is 2.30. The van der Waals surface area contributed by atoms with Gasteiger partial charge in [-0.2, -0.15) is 0 Å². The average Bonchev–Trinajstić information content (AvgIpc) is 3.07. The van der Waals surface area contributed by atoms with E-state index in [4.69, 9.17) is 23.2 Å². The molecule has 0 saturated carbocycles. The molecular weight excluding hydrogens is 405 g/mol. The molecule has 3 rings (SSSR count). The van der Waals surface area contributed by atoms with Crippen LogP contribution in [0.1, 0.15) is 0 Å². The minimum atomic E-state index is -0.186. The van der Waals surface area contributed by atoms with Crippen LogP contribution in [-0.2, 0) is 11.3 Å². The van der Waals surface area contributed by atoms with Gasteiger partial charge in [-0.1, -0.05) is 41.0 Å². The van der Waals surface area contributed by atoms with Gasteiger partial charge in [-0.3, -0.25) is 14.3 Å². The van der Waals surface area contributed by atoms with Crippen LogP contribution in [0.5, 0.6) is 0 Å². The van der Waals surface area contributed by atoms with Crippen molar-refractivity contribution < 1.29 is 4.79 Å². The Kier molecular flexibility index (Phi) is 6.49. The minimum Gasteiger partial charge on any atom is -0.325 e. The number of allylic oxidation sites excluding steroid dienone is 1. The number of halogens is 2. The number of anilines is 1. The topological polar surface area (TPSA) is 72.7 Å². The van der Waals surface area contributed by atoms with E-state index >= 15 is 0 Å². The van der Waals surface area contributed by atoms with Crippen molar-refractivity contribution in [2.75, 3.05) is 11.1 Å². The second kappa shape index (κ2) is 9.03. The summed E-state index contributed by atoms with van der Waals surface area (Å²) in [4.78, 5) is 16.3. The number of carbonyl (C=O) groups excluding carboxylic acids is 1. The highest BCUT2D eigenvalue weighted by Crippen LogP contribution is 2.26. The third kappa shape index (κ3) is 4.88. The summed E-state index contributed by atoms with van der Waals surface area (Å²) in [6, 6.07) is 8.67. The normalized spacial score (nSPS) is 10.6. The maximum Gasteiger partial charge on any atom is 0.234 e. The van der Waals surface area contributed by atoms with Crippen LogP contribution in [0.3, 0.4) is 0 Å². The number of pyridine rings is 1. The van der Waals surface area contributed by atoms with E-state index in [1.807, 2.05) is 16.7 Å². The SMILES string of the molecule is C=CCn1c(SCC(=O)Nc2ccc(Cl)c(Cl)c2)nnc1-c1cccnc1. The van der Waals surface area contributed by atoms with Crippen LogP contribution in [0.15, 0.2) is 60.5 Å². The standard InChI is InChI=1S/C18H15Cl2N5OS/c1-2-8-25-17(12-4-3-7-21-10-12)23-24-18(25)27-11-16(26)22-13-5-6-14(19)15(20)9-13/h2-7,9-10H,1,8,11H2,(H,22,26). The second-order valence-electron chi connectivity index (χ2n) is 5.41. The van der Waals surface area contributed by atoms with Crippen LogP contribution in [-0.4, -0.2) is 31.4 Å². The lowest BCUT2D eigenvalue weighted by Gasteiger charge is -2.08. The van der Waals surface area contributed by atoms with Gasteiger partial charge in [-0.05, 0) is 30.3 Å². The van der Waals surface area contributed by atoms with Gasteiger partial charge in [-0.15, -0.1) is 16.8 Å². The zero-order chi connectivity index (χ0) is 19.2. The second-order valence-corrected chi connectivity index (χ2v) is 7.17. The zero-order valence-electron chi connectivity index (χ0n) is 14.1. The first-order valence-corrected chi connectivity index (χ1v) is 9.65. The van der Waals surface area contributed by atoms with Gasteiger partial charge in [0.25, 0.3) is 0 Å². The summed E-state index contributed by atoms with van der Waals surface area (Å²) in [6.45, 7) is 4.30. The highest BCUT2D eigenvalue weighted by Gasteiger charge is 2.15. The molecule has 27 heavy (non-hydrogen) atoms. The van der Waals surface area contributed by atoms with E-state index < -0.39 is 0 Å². The molecule has 0 saturated heterocycles. The van der Waals surface area contributed by atoms with Gasteiger partial charge in [0.1, 0.15) is 0 Å². The first kappa shape index (κ1) is 19.4. The van der Waals surface area contributed by atoms with Crippen molar-refractivity contribution in [3.05, 3.63) is 65.4 Å². The number of benzene rings is 1. The Morgan fingerprint density at radius 3 is 2.81 bits per heavy atom. The summed E-state index contributed by atoms with van der Waals surface area (Å²) in [7, 11) is 0. The molecule has 0 bridgehead atoms. The molecule has 6 nitrogen and oxygen atoms in total. The summed E-state index contributed by atoms with van der Waals surface area (Å²) in [5.74, 6) is 0.660. The summed E-state index contributed by atoms with van der Waals surface area (Å²) < 4.78 is 1.89. The van der Waals surface area contributed by atoms with Crippen LogP contribution in [0.2, 0.25) is 10.0 Å². The van der Waals surface area contributed by atoms with E-state index in [1.54, 1.807) is 36.7 Å². The fourth-order valence-corrected chi connectivity index (χ4v) is 3.34. The number of rotatable bonds is 7. The smallest absolute Gasteiger partial charge is 0.234 e. The molecule has 0 radical (unpaired) electrons. The largest absolute Gasteiger partial charge is 0.325 e. The number of hydrogen-bond donors (Lipinski definition) is 1. The van der Waals surface area contributed by atoms with Crippen LogP contribution in [0.25, 0.3) is 11.4 Å². The molecule has 0 aliphatic rings. The summed E-state index contributed by atoms with van der Waals surface area (Å²) in [5, 5.41) is 12.6. The third-order valence-corrected chi connectivity index (χ3v) is 5.19. The molecule has 1 amide bonds. The molecule has 2 heterocycles. The van der Waals surface area contributed by atoms with E-state index in [0.717, 1.165) is 5.56 Å². The fraction of sp³-hybridized carbons (Fsp3) is 0.111. The lowest BCUT2D eigenvalue weighted by atomic mass is 10.3. The van der Waals surface area contributed by atoms with E-state index in [0.29, 0.717) is 33.3 Å². The number of aromatic nitrogens is 4. The van der Waals surface area contributed by atoms with Gasteiger partial charge in [-0.25, -0.2) is 0 Å². The Balaban J connectivity index is 1.70. The van der Waals surface area contributed by atoms with Crippen LogP contribution in [0, 0.1) is 0 Å². The van der Waals surface area contributed by atoms with E-state index in [2.05, 4.69) is 27.1 Å². The van der Waals surface area contributed by atoms with Crippen molar-refractivity contribution in [3.63, 3.8) is 0 Å². The van der Waals surface area contributed by atoms with Gasteiger partial charge < -0.3 is 5.32 Å². The number of carbonyl (C=O) groups is 1. The Morgan fingerprint density at radius 1 is 1.26 bits per heavy atom. The van der Waals surface area contributed by atoms with Crippen molar-refractivity contribution in [1.82, 2.24) is 19.7 Å². The molecular formula is C18H15Cl2N5OS. The zero-order valence-corrected chi connectivity index (χ0v) is 16.4. The summed E-state index contributed by atoms with van der Waals surface area (Å²) >= 11 is 13.1. The monoisotopic (exact) mass is 419 g/mol. The molecule has 0 fully saturated rings. The quantitative estimate of drug-likeness (QED) is 0.448. The Labute approximate surface area is 170 Å². The van der Waals surface area contributed by atoms with Gasteiger partial charge >= 0.3 is 0 Å². The molecule has 3 aromatic rings. The molecule has 1 aromatic carbocycles. The minimum absolute atomic E-state index is 0.169. The highest BCUT2D eigenvalue weighted by molar-refractivity contribution is 7.99. The van der Waals surface area contributed by atoms with E-state index in [-0.39, 0.29) is 11.7 Å². The molecule has 2 aromatic heterocycles. The van der Waals surface area contributed by atoms with Crippen molar-refractivity contribution in [1.29, 1.82) is 0 Å². The number of amides is 1. The van der Waals surface area contributed by atoms with E-state index in [9.17, 15) is 4.79 Å². The van der Waals surface area contributed by atoms with Crippen LogP contribution >= 0.6 is 35.0 Å². The lowest BCUT2D eigenvalue weighted by Crippen LogP contribution is -2.14. The number of nitrogens with zero attached hydrogens (tertiary/aromatic N) is 4. The molecule has 9 heteroatoms. The van der Waals surface area contributed by atoms with E-state index in [1.165, 1.54) is 11.8 Å². The summed E-state index contributed by atoms with van der Waals surface area (Å²) in [5.41, 5.74) is 1.43. The Morgan fingerprint density at radius 2 is 2.11 bits per heavy atom. The van der Waals surface area contributed by atoms with Gasteiger partial charge in [0.05, 0.1) is 15.8 Å². The van der Waals surface area contributed by atoms with Crippen molar-refractivity contribution in [2.45, 2.75) is 11.7 Å². The maximum atomic E-state index is 12.2. The molecule has 138 valence electrons. The highest BCUT2D eigenvalue weighted by atomic mass is 35.5.